The van der Waals surface area contributed by atoms with E-state index in [1.165, 1.54) is 12.8 Å². The normalized spacial score (nSPS) is 21.0. The van der Waals surface area contributed by atoms with Crippen molar-refractivity contribution in [3.8, 4) is 0 Å². The fourth-order valence-corrected chi connectivity index (χ4v) is 2.63. The molecule has 0 aliphatic carbocycles. The van der Waals surface area contributed by atoms with Crippen molar-refractivity contribution >= 4 is 0 Å². The Kier molecular flexibility index (Phi) is 4.13. The third kappa shape index (κ3) is 2.85. The van der Waals surface area contributed by atoms with Gasteiger partial charge in [-0.05, 0) is 37.4 Å². The topological polar surface area (TPSA) is 29.3 Å². The van der Waals surface area contributed by atoms with Crippen LogP contribution in [0, 0.1) is 5.82 Å². The number of benzene rings is 1. The van der Waals surface area contributed by atoms with E-state index < -0.39 is 0 Å². The summed E-state index contributed by atoms with van der Waals surface area (Å²) in [5.74, 6) is -0.116. The molecule has 2 rings (SSSR count). The molecule has 1 fully saturated rings. The summed E-state index contributed by atoms with van der Waals surface area (Å²) in [4.78, 5) is 2.39. The first kappa shape index (κ1) is 12.5. The van der Waals surface area contributed by atoms with E-state index in [0.29, 0.717) is 12.6 Å². The largest absolute Gasteiger partial charge is 0.326 e. The van der Waals surface area contributed by atoms with Gasteiger partial charge in [-0.2, -0.15) is 0 Å². The van der Waals surface area contributed by atoms with E-state index in [1.807, 2.05) is 12.1 Å². The lowest BCUT2D eigenvalue weighted by Gasteiger charge is -2.23. The molecule has 1 aliphatic rings. The third-order valence-electron chi connectivity index (χ3n) is 3.70. The second-order valence-corrected chi connectivity index (χ2v) is 4.80. The molecule has 0 aromatic heterocycles. The Labute approximate surface area is 103 Å². The molecule has 1 aliphatic heterocycles. The molecule has 0 radical (unpaired) electrons. The van der Waals surface area contributed by atoms with Crippen molar-refractivity contribution in [2.24, 2.45) is 5.73 Å². The molecule has 1 heterocycles. The van der Waals surface area contributed by atoms with E-state index in [1.54, 1.807) is 6.07 Å². The minimum Gasteiger partial charge on any atom is -0.326 e. The maximum Gasteiger partial charge on any atom is 0.128 e. The maximum atomic E-state index is 13.8. The summed E-state index contributed by atoms with van der Waals surface area (Å²) in [6.07, 6.45) is 3.64. The van der Waals surface area contributed by atoms with Gasteiger partial charge in [-0.25, -0.2) is 4.39 Å². The van der Waals surface area contributed by atoms with Crippen molar-refractivity contribution in [3.63, 3.8) is 0 Å². The number of rotatable bonds is 4. The Balaban J connectivity index is 2.08. The predicted molar refractivity (Wildman–Crippen MR) is 68.0 cm³/mol. The van der Waals surface area contributed by atoms with E-state index in [0.717, 1.165) is 30.6 Å². The van der Waals surface area contributed by atoms with Crippen molar-refractivity contribution in [1.82, 2.24) is 4.90 Å². The second kappa shape index (κ2) is 5.61. The molecule has 94 valence electrons. The quantitative estimate of drug-likeness (QED) is 0.871. The van der Waals surface area contributed by atoms with Crippen LogP contribution in [0.3, 0.4) is 0 Å². The van der Waals surface area contributed by atoms with Crippen LogP contribution < -0.4 is 5.73 Å². The van der Waals surface area contributed by atoms with Crippen LogP contribution in [0.2, 0.25) is 0 Å². The monoisotopic (exact) mass is 236 g/mol. The first-order valence-corrected chi connectivity index (χ1v) is 6.46. The van der Waals surface area contributed by atoms with Gasteiger partial charge in [-0.1, -0.05) is 19.1 Å². The van der Waals surface area contributed by atoms with Gasteiger partial charge >= 0.3 is 0 Å². The average Bonchev–Trinajstić information content (AvgIpc) is 2.79. The molecular weight excluding hydrogens is 215 g/mol. The number of hydrogen-bond donors (Lipinski definition) is 1. The van der Waals surface area contributed by atoms with Gasteiger partial charge in [0.15, 0.2) is 0 Å². The lowest BCUT2D eigenvalue weighted by atomic mass is 10.1. The Morgan fingerprint density at radius 1 is 1.47 bits per heavy atom. The van der Waals surface area contributed by atoms with Gasteiger partial charge in [0.25, 0.3) is 0 Å². The molecule has 1 unspecified atom stereocenters. The molecule has 2 nitrogen and oxygen atoms in total. The lowest BCUT2D eigenvalue weighted by molar-refractivity contribution is 0.237. The van der Waals surface area contributed by atoms with Crippen molar-refractivity contribution < 1.29 is 4.39 Å². The Hall–Kier alpha value is -0.930. The van der Waals surface area contributed by atoms with Gasteiger partial charge in [0.05, 0.1) is 0 Å². The first-order chi connectivity index (χ1) is 8.24. The molecular formula is C14H21FN2. The van der Waals surface area contributed by atoms with Crippen LogP contribution in [0.5, 0.6) is 0 Å². The fourth-order valence-electron chi connectivity index (χ4n) is 2.63. The lowest BCUT2D eigenvalue weighted by Crippen LogP contribution is -2.28. The Morgan fingerprint density at radius 3 is 2.94 bits per heavy atom. The summed E-state index contributed by atoms with van der Waals surface area (Å²) in [6, 6.07) is 5.99. The minimum absolute atomic E-state index is 0.116. The summed E-state index contributed by atoms with van der Waals surface area (Å²) in [7, 11) is 0. The standard InChI is InChI=1S/C14H21FN2/c1-2-13-4-3-7-17(13)10-12-6-5-11(9-16)8-14(12)15/h5-6,8,13H,2-4,7,9-10,16H2,1H3. The third-order valence-corrected chi connectivity index (χ3v) is 3.70. The van der Waals surface area contributed by atoms with Crippen molar-refractivity contribution in [3.05, 3.63) is 35.1 Å². The van der Waals surface area contributed by atoms with Crippen molar-refractivity contribution in [1.29, 1.82) is 0 Å². The zero-order valence-electron chi connectivity index (χ0n) is 10.5. The highest BCUT2D eigenvalue weighted by Crippen LogP contribution is 2.23. The van der Waals surface area contributed by atoms with Crippen LogP contribution in [-0.4, -0.2) is 17.5 Å². The van der Waals surface area contributed by atoms with Crippen LogP contribution in [0.15, 0.2) is 18.2 Å². The molecule has 3 heteroatoms. The zero-order chi connectivity index (χ0) is 12.3. The molecule has 17 heavy (non-hydrogen) atoms. The molecule has 2 N–H and O–H groups in total. The Bertz CT molecular complexity index is 378. The zero-order valence-corrected chi connectivity index (χ0v) is 10.5. The van der Waals surface area contributed by atoms with Crippen molar-refractivity contribution in [2.45, 2.75) is 45.3 Å². The van der Waals surface area contributed by atoms with Gasteiger partial charge in [-0.3, -0.25) is 4.90 Å². The Morgan fingerprint density at radius 2 is 2.29 bits per heavy atom. The molecule has 0 saturated carbocycles. The number of nitrogens with two attached hydrogens (primary N) is 1. The van der Waals surface area contributed by atoms with Crippen molar-refractivity contribution in [2.75, 3.05) is 6.54 Å². The summed E-state index contributed by atoms with van der Waals surface area (Å²) in [5, 5.41) is 0. The van der Waals surface area contributed by atoms with E-state index >= 15 is 0 Å². The van der Waals surface area contributed by atoms with Gasteiger partial charge in [0.1, 0.15) is 5.82 Å². The molecule has 1 aromatic carbocycles. The number of nitrogens with zero attached hydrogens (tertiary/aromatic N) is 1. The highest BCUT2D eigenvalue weighted by molar-refractivity contribution is 5.24. The number of likely N-dealkylation sites (tertiary alicyclic amines) is 1. The second-order valence-electron chi connectivity index (χ2n) is 4.80. The first-order valence-electron chi connectivity index (χ1n) is 6.46. The molecule has 0 amide bonds. The summed E-state index contributed by atoms with van der Waals surface area (Å²) < 4.78 is 13.8. The average molecular weight is 236 g/mol. The smallest absolute Gasteiger partial charge is 0.128 e. The fraction of sp³-hybridized carbons (Fsp3) is 0.571. The number of hydrogen-bond acceptors (Lipinski definition) is 2. The molecule has 0 bridgehead atoms. The van der Waals surface area contributed by atoms with Crippen LogP contribution >= 0.6 is 0 Å². The molecule has 1 aromatic rings. The minimum atomic E-state index is -0.116. The maximum absolute atomic E-state index is 13.8. The van der Waals surface area contributed by atoms with Crippen LogP contribution in [-0.2, 0) is 13.1 Å². The van der Waals surface area contributed by atoms with Gasteiger partial charge in [-0.15, -0.1) is 0 Å². The van der Waals surface area contributed by atoms with Crippen LogP contribution in [0.4, 0.5) is 4.39 Å². The summed E-state index contributed by atoms with van der Waals surface area (Å²) >= 11 is 0. The highest BCUT2D eigenvalue weighted by Gasteiger charge is 2.23. The highest BCUT2D eigenvalue weighted by atomic mass is 19.1. The van der Waals surface area contributed by atoms with Gasteiger partial charge in [0, 0.05) is 24.7 Å². The van der Waals surface area contributed by atoms with Gasteiger partial charge < -0.3 is 5.73 Å². The summed E-state index contributed by atoms with van der Waals surface area (Å²) in [5.41, 5.74) is 7.15. The van der Waals surface area contributed by atoms with Crippen LogP contribution in [0.25, 0.3) is 0 Å². The van der Waals surface area contributed by atoms with E-state index in [-0.39, 0.29) is 5.82 Å². The molecule has 0 spiro atoms. The van der Waals surface area contributed by atoms with Crippen LogP contribution in [0.1, 0.15) is 37.3 Å². The molecule has 1 atom stereocenters. The molecule has 1 saturated heterocycles. The number of halogens is 1. The van der Waals surface area contributed by atoms with E-state index in [9.17, 15) is 4.39 Å². The SMILES string of the molecule is CCC1CCCN1Cc1ccc(CN)cc1F. The van der Waals surface area contributed by atoms with E-state index in [4.69, 9.17) is 5.73 Å². The summed E-state index contributed by atoms with van der Waals surface area (Å²) in [6.45, 7) is 4.43. The predicted octanol–water partition coefficient (Wildman–Crippen LogP) is 2.66. The van der Waals surface area contributed by atoms with E-state index in [2.05, 4.69) is 11.8 Å². The van der Waals surface area contributed by atoms with Gasteiger partial charge in [0.2, 0.25) is 0 Å².